The van der Waals surface area contributed by atoms with Gasteiger partial charge in [0.25, 0.3) is 6.54 Å². The van der Waals surface area contributed by atoms with Crippen LogP contribution in [0.3, 0.4) is 0 Å². The number of rotatable bonds is 5. The second kappa shape index (κ2) is 6.88. The molecule has 0 spiro atoms. The van der Waals surface area contributed by atoms with Crippen molar-refractivity contribution < 1.29 is 14.1 Å². The zero-order valence-corrected chi connectivity index (χ0v) is 16.7. The van der Waals surface area contributed by atoms with Crippen molar-refractivity contribution in [3.63, 3.8) is 0 Å². The molecule has 2 aliphatic heterocycles. The summed E-state index contributed by atoms with van der Waals surface area (Å²) >= 11 is 6.68. The molecular weight excluding hydrogens is 415 g/mol. The number of halogens is 2. The fourth-order valence-electron chi connectivity index (χ4n) is 4.39. The minimum atomic E-state index is -0.987. The summed E-state index contributed by atoms with van der Waals surface area (Å²) < 4.78 is 16.9. The minimum absolute atomic E-state index is 0.0243. The van der Waals surface area contributed by atoms with Gasteiger partial charge in [-0.1, -0.05) is 11.6 Å². The van der Waals surface area contributed by atoms with Crippen molar-refractivity contribution in [2.75, 3.05) is 37.6 Å². The summed E-state index contributed by atoms with van der Waals surface area (Å²) in [5, 5.41) is 14.1. The molecule has 0 radical (unpaired) electrons. The molecule has 1 aromatic heterocycles. The van der Waals surface area contributed by atoms with Crippen LogP contribution < -0.4 is 15.6 Å². The van der Waals surface area contributed by atoms with Gasteiger partial charge in [0.2, 0.25) is 11.2 Å². The number of aromatic nitrogens is 1. The van der Waals surface area contributed by atoms with E-state index in [0.717, 1.165) is 32.0 Å². The lowest BCUT2D eigenvalue weighted by Crippen LogP contribution is -2.28. The number of hydrogen-bond donors (Lipinski definition) is 1. The molecule has 0 atom stereocenters. The van der Waals surface area contributed by atoms with Gasteiger partial charge in [0.05, 0.1) is 27.2 Å². The summed E-state index contributed by atoms with van der Waals surface area (Å²) in [5.41, 5.74) is 2.05. The van der Waals surface area contributed by atoms with Crippen LogP contribution in [0.25, 0.3) is 10.9 Å². The molecule has 3 aliphatic rings. The molecule has 0 saturated heterocycles. The van der Waals surface area contributed by atoms with Gasteiger partial charge in [0.1, 0.15) is 5.82 Å². The molecule has 1 fully saturated rings. The first-order valence-corrected chi connectivity index (χ1v) is 10.1. The van der Waals surface area contributed by atoms with Crippen LogP contribution in [0.2, 0.25) is 5.02 Å². The lowest BCUT2D eigenvalue weighted by Gasteiger charge is -2.24. The molecule has 0 amide bonds. The van der Waals surface area contributed by atoms with Gasteiger partial charge in [-0.15, -0.1) is 0 Å². The average Bonchev–Trinajstić information content (AvgIpc) is 3.30. The zero-order chi connectivity index (χ0) is 21.2. The Hall–Kier alpha value is -2.78. The fourth-order valence-corrected chi connectivity index (χ4v) is 4.80. The highest BCUT2D eigenvalue weighted by Crippen LogP contribution is 2.43. The first kappa shape index (κ1) is 19.2. The summed E-state index contributed by atoms with van der Waals surface area (Å²) in [6, 6.07) is 1.14. The van der Waals surface area contributed by atoms with Gasteiger partial charge in [-0.3, -0.25) is 19.7 Å². The van der Waals surface area contributed by atoms with Crippen LogP contribution in [0.1, 0.15) is 29.2 Å². The van der Waals surface area contributed by atoms with E-state index in [9.17, 15) is 19.7 Å². The number of nitrogens with zero attached hydrogens (tertiary/aromatic N) is 3. The van der Waals surface area contributed by atoms with Gasteiger partial charge in [0.15, 0.2) is 0 Å². The Balaban J connectivity index is 1.68. The van der Waals surface area contributed by atoms with Crippen molar-refractivity contribution >= 4 is 34.0 Å². The van der Waals surface area contributed by atoms with Crippen molar-refractivity contribution in [1.82, 2.24) is 9.88 Å². The van der Waals surface area contributed by atoms with Crippen LogP contribution in [-0.2, 0) is 0 Å². The van der Waals surface area contributed by atoms with Crippen LogP contribution in [0.5, 0.6) is 0 Å². The zero-order valence-electron chi connectivity index (χ0n) is 15.9. The third-order valence-corrected chi connectivity index (χ3v) is 6.31. The van der Waals surface area contributed by atoms with Crippen molar-refractivity contribution in [3.05, 3.63) is 60.2 Å². The van der Waals surface area contributed by atoms with E-state index >= 15 is 4.39 Å². The lowest BCUT2D eigenvalue weighted by atomic mass is 10.1. The van der Waals surface area contributed by atoms with Gasteiger partial charge >= 0.3 is 0 Å². The second-order valence-electron chi connectivity index (χ2n) is 8.01. The summed E-state index contributed by atoms with van der Waals surface area (Å²) in [7, 11) is 0. The molecule has 1 saturated carbocycles. The molecule has 2 aromatic rings. The second-order valence-corrected chi connectivity index (χ2v) is 8.39. The van der Waals surface area contributed by atoms with Crippen molar-refractivity contribution in [1.29, 1.82) is 0 Å². The Kier molecular flexibility index (Phi) is 4.41. The standard InChI is InChI=1S/C20H18ClFN4O4/c21-17-18-13(3-15(22)19(17)24-6-10-4-23-5-11(10)7-24)20(28)14(16(27)9-26(29)30)8-25(18)12-1-2-12/h3,8,12,23H,1-2,4-7,9H2. The van der Waals surface area contributed by atoms with Crippen LogP contribution in [0.4, 0.5) is 10.1 Å². The number of ketones is 1. The number of nitro groups is 1. The number of nitrogens with one attached hydrogen (secondary N) is 1. The van der Waals surface area contributed by atoms with Gasteiger partial charge < -0.3 is 14.8 Å². The van der Waals surface area contributed by atoms with E-state index in [4.69, 9.17) is 11.6 Å². The molecule has 1 N–H and O–H groups in total. The summed E-state index contributed by atoms with van der Waals surface area (Å²) in [4.78, 5) is 37.0. The van der Waals surface area contributed by atoms with E-state index in [0.29, 0.717) is 18.6 Å². The average molecular weight is 433 g/mol. The van der Waals surface area contributed by atoms with E-state index in [1.807, 2.05) is 4.90 Å². The van der Waals surface area contributed by atoms with E-state index in [1.54, 1.807) is 4.57 Å². The predicted octanol–water partition coefficient (Wildman–Crippen LogP) is 2.31. The van der Waals surface area contributed by atoms with E-state index < -0.39 is 28.5 Å². The molecule has 5 rings (SSSR count). The number of benzene rings is 1. The van der Waals surface area contributed by atoms with Gasteiger partial charge in [0, 0.05) is 43.3 Å². The van der Waals surface area contributed by atoms with Crippen LogP contribution in [0.15, 0.2) is 28.2 Å². The van der Waals surface area contributed by atoms with Crippen molar-refractivity contribution in [2.24, 2.45) is 0 Å². The monoisotopic (exact) mass is 432 g/mol. The third-order valence-electron chi connectivity index (χ3n) is 5.95. The molecule has 156 valence electrons. The normalized spacial score (nSPS) is 18.4. The Labute approximate surface area is 175 Å². The van der Waals surface area contributed by atoms with Crippen molar-refractivity contribution in [2.45, 2.75) is 18.9 Å². The van der Waals surface area contributed by atoms with Crippen molar-refractivity contribution in [3.8, 4) is 0 Å². The topological polar surface area (TPSA) is 97.5 Å². The van der Waals surface area contributed by atoms with E-state index in [2.05, 4.69) is 5.32 Å². The molecular formula is C20H18ClFN4O4. The van der Waals surface area contributed by atoms with Gasteiger partial charge in [-0.25, -0.2) is 4.39 Å². The Morgan fingerprint density at radius 1 is 1.30 bits per heavy atom. The highest BCUT2D eigenvalue weighted by molar-refractivity contribution is 6.38. The molecule has 1 aromatic carbocycles. The highest BCUT2D eigenvalue weighted by atomic mass is 35.5. The maximum Gasteiger partial charge on any atom is 0.266 e. The van der Waals surface area contributed by atoms with Crippen LogP contribution in [-0.4, -0.2) is 48.0 Å². The molecule has 0 unspecified atom stereocenters. The molecule has 3 heterocycles. The number of anilines is 1. The summed E-state index contributed by atoms with van der Waals surface area (Å²) in [6.07, 6.45) is 3.01. The predicted molar refractivity (Wildman–Crippen MR) is 110 cm³/mol. The number of Topliss-reactive ketones (excluding diaryl/α,β-unsaturated/α-hetero) is 1. The highest BCUT2D eigenvalue weighted by Gasteiger charge is 2.33. The Bertz CT molecular complexity index is 1200. The first-order valence-electron chi connectivity index (χ1n) is 9.72. The molecule has 30 heavy (non-hydrogen) atoms. The lowest BCUT2D eigenvalue weighted by molar-refractivity contribution is -0.465. The number of hydrogen-bond acceptors (Lipinski definition) is 6. The number of pyridine rings is 1. The maximum atomic E-state index is 15.2. The van der Waals surface area contributed by atoms with E-state index in [-0.39, 0.29) is 27.7 Å². The molecule has 1 aliphatic carbocycles. The smallest absolute Gasteiger partial charge is 0.266 e. The van der Waals surface area contributed by atoms with E-state index in [1.165, 1.54) is 17.3 Å². The largest absolute Gasteiger partial charge is 0.360 e. The number of fused-ring (bicyclic) bond motifs is 1. The first-order chi connectivity index (χ1) is 14.3. The SMILES string of the molecule is O=C(C[N+](=O)[O-])c1cn(C2CC2)c2c(Cl)c(N3CC4=C(CNC4)C3)c(F)cc2c1=O. The van der Waals surface area contributed by atoms with Crippen LogP contribution in [0, 0.1) is 15.9 Å². The number of carbonyl (C=O) groups is 1. The quantitative estimate of drug-likeness (QED) is 0.337. The molecule has 0 bridgehead atoms. The minimum Gasteiger partial charge on any atom is -0.360 e. The molecule has 10 heteroatoms. The maximum absolute atomic E-state index is 15.2. The third kappa shape index (κ3) is 3.00. The summed E-state index contributed by atoms with van der Waals surface area (Å²) in [6.45, 7) is 1.69. The number of carbonyl (C=O) groups excluding carboxylic acids is 1. The summed E-state index contributed by atoms with van der Waals surface area (Å²) in [5.74, 6) is -1.53. The van der Waals surface area contributed by atoms with Crippen LogP contribution >= 0.6 is 11.6 Å². The Morgan fingerprint density at radius 3 is 2.57 bits per heavy atom. The van der Waals surface area contributed by atoms with Gasteiger partial charge in [-0.05, 0) is 30.1 Å². The fraction of sp³-hybridized carbons (Fsp3) is 0.400. The molecule has 8 nitrogen and oxygen atoms in total. The Morgan fingerprint density at radius 2 is 1.97 bits per heavy atom. The van der Waals surface area contributed by atoms with Gasteiger partial charge in [-0.2, -0.15) is 0 Å².